The lowest BCUT2D eigenvalue weighted by molar-refractivity contribution is 0.174. The Bertz CT molecular complexity index is 451. The summed E-state index contributed by atoms with van der Waals surface area (Å²) in [6.07, 6.45) is 17.7. The third-order valence-corrected chi connectivity index (χ3v) is 4.16. The number of rotatable bonds is 11. The molecule has 1 aliphatic heterocycles. The van der Waals surface area contributed by atoms with Crippen LogP contribution in [0.4, 0.5) is 0 Å². The zero-order valence-electron chi connectivity index (χ0n) is 14.0. The average molecular weight is 302 g/mol. The largest absolute Gasteiger partial charge is 0.454 e. The molecule has 0 unspecified atom stereocenters. The molecule has 1 aliphatic rings. The second-order valence-corrected chi connectivity index (χ2v) is 6.11. The molecule has 0 aromatic heterocycles. The molecular weight excluding hydrogens is 272 g/mol. The van der Waals surface area contributed by atoms with Gasteiger partial charge in [-0.15, -0.1) is 0 Å². The van der Waals surface area contributed by atoms with Crippen LogP contribution in [0.3, 0.4) is 0 Å². The lowest BCUT2D eigenvalue weighted by Gasteiger charge is -2.03. The highest BCUT2D eigenvalue weighted by Crippen LogP contribution is 2.32. The van der Waals surface area contributed by atoms with Crippen LogP contribution in [0.1, 0.15) is 70.3 Å². The lowest BCUT2D eigenvalue weighted by Crippen LogP contribution is -1.93. The summed E-state index contributed by atoms with van der Waals surface area (Å²) < 4.78 is 10.7. The number of aryl methyl sites for hydroxylation is 1. The van der Waals surface area contributed by atoms with E-state index in [4.69, 9.17) is 9.47 Å². The molecule has 22 heavy (non-hydrogen) atoms. The molecule has 0 amide bonds. The fraction of sp³-hybridized carbons (Fsp3) is 0.600. The molecule has 0 saturated heterocycles. The zero-order chi connectivity index (χ0) is 15.5. The van der Waals surface area contributed by atoms with Crippen LogP contribution < -0.4 is 9.47 Å². The van der Waals surface area contributed by atoms with E-state index in [0.29, 0.717) is 6.79 Å². The fourth-order valence-corrected chi connectivity index (χ4v) is 2.79. The molecule has 0 spiro atoms. The minimum absolute atomic E-state index is 0.365. The van der Waals surface area contributed by atoms with Crippen molar-refractivity contribution in [2.45, 2.75) is 71.1 Å². The predicted molar refractivity (Wildman–Crippen MR) is 92.6 cm³/mol. The Morgan fingerprint density at radius 1 is 0.864 bits per heavy atom. The highest BCUT2D eigenvalue weighted by molar-refractivity contribution is 5.44. The monoisotopic (exact) mass is 302 g/mol. The summed E-state index contributed by atoms with van der Waals surface area (Å²) in [5, 5.41) is 0. The number of benzene rings is 1. The fourth-order valence-electron chi connectivity index (χ4n) is 2.79. The third kappa shape index (κ3) is 6.13. The topological polar surface area (TPSA) is 18.5 Å². The summed E-state index contributed by atoms with van der Waals surface area (Å²) in [6, 6.07) is 6.31. The summed E-state index contributed by atoms with van der Waals surface area (Å²) in [4.78, 5) is 0. The minimum Gasteiger partial charge on any atom is -0.454 e. The van der Waals surface area contributed by atoms with Crippen molar-refractivity contribution in [3.8, 4) is 11.5 Å². The molecule has 2 nitrogen and oxygen atoms in total. The van der Waals surface area contributed by atoms with E-state index >= 15 is 0 Å². The SMILES string of the molecule is CCCCCC/C=C/CCCCCc1ccc2c(c1)OCO2. The maximum Gasteiger partial charge on any atom is 0.231 e. The number of fused-ring (bicyclic) bond motifs is 1. The van der Waals surface area contributed by atoms with Gasteiger partial charge in [-0.2, -0.15) is 0 Å². The van der Waals surface area contributed by atoms with Gasteiger partial charge in [0.15, 0.2) is 11.5 Å². The van der Waals surface area contributed by atoms with E-state index in [0.717, 1.165) is 17.9 Å². The molecule has 0 aliphatic carbocycles. The van der Waals surface area contributed by atoms with E-state index in [-0.39, 0.29) is 0 Å². The van der Waals surface area contributed by atoms with Crippen LogP contribution in [0.15, 0.2) is 30.4 Å². The van der Waals surface area contributed by atoms with Gasteiger partial charge in [0.05, 0.1) is 0 Å². The Hall–Kier alpha value is -1.44. The molecule has 0 N–H and O–H groups in total. The molecule has 0 fully saturated rings. The van der Waals surface area contributed by atoms with Crippen molar-refractivity contribution >= 4 is 0 Å². The van der Waals surface area contributed by atoms with Crippen molar-refractivity contribution in [2.75, 3.05) is 6.79 Å². The van der Waals surface area contributed by atoms with Gasteiger partial charge in [0.1, 0.15) is 0 Å². The van der Waals surface area contributed by atoms with Crippen molar-refractivity contribution in [3.63, 3.8) is 0 Å². The molecule has 0 bridgehead atoms. The minimum atomic E-state index is 0.365. The Labute approximate surface area is 135 Å². The van der Waals surface area contributed by atoms with E-state index in [1.165, 1.54) is 63.4 Å². The quantitative estimate of drug-likeness (QED) is 0.366. The first-order valence-electron chi connectivity index (χ1n) is 8.93. The molecule has 1 heterocycles. The summed E-state index contributed by atoms with van der Waals surface area (Å²) in [6.45, 7) is 2.63. The molecule has 2 rings (SSSR count). The first-order valence-corrected chi connectivity index (χ1v) is 8.93. The van der Waals surface area contributed by atoms with Crippen LogP contribution in [0.2, 0.25) is 0 Å². The van der Waals surface area contributed by atoms with Crippen molar-refractivity contribution in [1.82, 2.24) is 0 Å². The molecule has 122 valence electrons. The summed E-state index contributed by atoms with van der Waals surface area (Å²) in [5.74, 6) is 1.79. The summed E-state index contributed by atoms with van der Waals surface area (Å²) >= 11 is 0. The Kier molecular flexibility index (Phi) is 7.93. The Morgan fingerprint density at radius 2 is 1.59 bits per heavy atom. The van der Waals surface area contributed by atoms with Gasteiger partial charge in [0.25, 0.3) is 0 Å². The van der Waals surface area contributed by atoms with Crippen molar-refractivity contribution < 1.29 is 9.47 Å². The normalized spacial score (nSPS) is 13.1. The van der Waals surface area contributed by atoms with E-state index < -0.39 is 0 Å². The van der Waals surface area contributed by atoms with E-state index in [9.17, 15) is 0 Å². The lowest BCUT2D eigenvalue weighted by atomic mass is 10.1. The second-order valence-electron chi connectivity index (χ2n) is 6.11. The van der Waals surface area contributed by atoms with Crippen molar-refractivity contribution in [2.24, 2.45) is 0 Å². The zero-order valence-corrected chi connectivity index (χ0v) is 14.0. The average Bonchev–Trinajstić information content (AvgIpc) is 3.00. The van der Waals surface area contributed by atoms with Crippen LogP contribution in [-0.2, 0) is 6.42 Å². The maximum atomic E-state index is 5.41. The van der Waals surface area contributed by atoms with Gasteiger partial charge in [0.2, 0.25) is 6.79 Å². The van der Waals surface area contributed by atoms with Gasteiger partial charge in [-0.25, -0.2) is 0 Å². The highest BCUT2D eigenvalue weighted by atomic mass is 16.7. The molecule has 1 aromatic rings. The van der Waals surface area contributed by atoms with Crippen LogP contribution in [0, 0.1) is 0 Å². The van der Waals surface area contributed by atoms with Crippen molar-refractivity contribution in [3.05, 3.63) is 35.9 Å². The molecular formula is C20H30O2. The third-order valence-electron chi connectivity index (χ3n) is 4.16. The van der Waals surface area contributed by atoms with Crippen LogP contribution in [0.5, 0.6) is 11.5 Å². The molecule has 0 atom stereocenters. The first-order chi connectivity index (χ1) is 10.9. The number of allylic oxidation sites excluding steroid dienone is 2. The van der Waals surface area contributed by atoms with Crippen LogP contribution >= 0.6 is 0 Å². The van der Waals surface area contributed by atoms with Gasteiger partial charge >= 0.3 is 0 Å². The van der Waals surface area contributed by atoms with Gasteiger partial charge in [-0.05, 0) is 56.2 Å². The van der Waals surface area contributed by atoms with Gasteiger partial charge < -0.3 is 9.47 Å². The van der Waals surface area contributed by atoms with Crippen LogP contribution in [0.25, 0.3) is 0 Å². The first kappa shape index (κ1) is 16.9. The predicted octanol–water partition coefficient (Wildman–Crippen LogP) is 6.04. The van der Waals surface area contributed by atoms with E-state index in [1.54, 1.807) is 0 Å². The summed E-state index contributed by atoms with van der Waals surface area (Å²) in [7, 11) is 0. The molecule has 0 saturated carbocycles. The van der Waals surface area contributed by atoms with Gasteiger partial charge in [-0.1, -0.05) is 50.8 Å². The highest BCUT2D eigenvalue weighted by Gasteiger charge is 2.12. The van der Waals surface area contributed by atoms with Gasteiger partial charge in [0, 0.05) is 0 Å². The summed E-state index contributed by atoms with van der Waals surface area (Å²) in [5.41, 5.74) is 1.36. The number of ether oxygens (including phenoxy) is 2. The van der Waals surface area contributed by atoms with E-state index in [2.05, 4.69) is 31.2 Å². The molecule has 0 radical (unpaired) electrons. The van der Waals surface area contributed by atoms with Gasteiger partial charge in [-0.3, -0.25) is 0 Å². The smallest absolute Gasteiger partial charge is 0.231 e. The maximum absolute atomic E-state index is 5.41. The Morgan fingerprint density at radius 3 is 2.36 bits per heavy atom. The van der Waals surface area contributed by atoms with E-state index in [1.807, 2.05) is 6.07 Å². The number of hydrogen-bond acceptors (Lipinski definition) is 2. The number of hydrogen-bond donors (Lipinski definition) is 0. The molecule has 2 heteroatoms. The van der Waals surface area contributed by atoms with Crippen molar-refractivity contribution in [1.29, 1.82) is 0 Å². The number of unbranched alkanes of at least 4 members (excludes halogenated alkanes) is 7. The Balaban J connectivity index is 1.48. The second kappa shape index (κ2) is 10.3. The van der Waals surface area contributed by atoms with Crippen LogP contribution in [-0.4, -0.2) is 6.79 Å². The standard InChI is InChI=1S/C20H30O2/c1-2-3-4-5-6-7-8-9-10-11-12-13-18-14-15-19-20(16-18)22-17-21-19/h7-8,14-16H,2-6,9-13,17H2,1H3/b8-7+. The molecule has 1 aromatic carbocycles.